The van der Waals surface area contributed by atoms with E-state index >= 15 is 0 Å². The Hall–Kier alpha value is -0.630. The minimum Gasteiger partial charge on any atom is -0.361 e. The lowest BCUT2D eigenvalue weighted by Crippen LogP contribution is -2.42. The molecule has 0 aromatic heterocycles. The Labute approximate surface area is 97.8 Å². The van der Waals surface area contributed by atoms with E-state index < -0.39 is 0 Å². The van der Waals surface area contributed by atoms with E-state index in [4.69, 9.17) is 10.00 Å². The maximum Gasteiger partial charge on any atom is 0.156 e. The van der Waals surface area contributed by atoms with Crippen LogP contribution in [0.2, 0.25) is 0 Å². The molecule has 0 spiro atoms. The number of morpholine rings is 1. The Balaban J connectivity index is 1.60. The molecule has 2 saturated heterocycles. The molecule has 0 radical (unpaired) electrons. The van der Waals surface area contributed by atoms with Crippen LogP contribution in [0.15, 0.2) is 0 Å². The molecule has 2 aliphatic heterocycles. The standard InChI is InChI=1S/C12H21N3O/c13-10-12-11-15(8-9-16-12)7-3-6-14-4-1-2-5-14/h12H,1-9,11H2. The zero-order valence-electron chi connectivity index (χ0n) is 9.90. The van der Waals surface area contributed by atoms with Crippen LogP contribution >= 0.6 is 0 Å². The topological polar surface area (TPSA) is 39.5 Å². The van der Waals surface area contributed by atoms with Gasteiger partial charge in [-0.25, -0.2) is 0 Å². The highest BCUT2D eigenvalue weighted by Gasteiger charge is 2.19. The number of ether oxygens (including phenoxy) is 1. The van der Waals surface area contributed by atoms with E-state index in [2.05, 4.69) is 15.9 Å². The predicted molar refractivity (Wildman–Crippen MR) is 62.1 cm³/mol. The average Bonchev–Trinajstić information content (AvgIpc) is 2.82. The Bertz CT molecular complexity index is 245. The van der Waals surface area contributed by atoms with E-state index in [1.807, 2.05) is 0 Å². The van der Waals surface area contributed by atoms with Crippen molar-refractivity contribution < 1.29 is 4.74 Å². The zero-order chi connectivity index (χ0) is 11.2. The zero-order valence-corrected chi connectivity index (χ0v) is 9.90. The van der Waals surface area contributed by atoms with Gasteiger partial charge in [0.1, 0.15) is 0 Å². The minimum atomic E-state index is -0.208. The van der Waals surface area contributed by atoms with Crippen LogP contribution in [0, 0.1) is 11.3 Å². The van der Waals surface area contributed by atoms with E-state index in [0.717, 1.165) is 19.6 Å². The maximum absolute atomic E-state index is 8.80. The molecule has 90 valence electrons. The third kappa shape index (κ3) is 3.44. The molecule has 2 rings (SSSR count). The van der Waals surface area contributed by atoms with Crippen LogP contribution in [-0.2, 0) is 4.74 Å². The summed E-state index contributed by atoms with van der Waals surface area (Å²) in [5.41, 5.74) is 0. The number of nitrogens with zero attached hydrogens (tertiary/aromatic N) is 3. The summed E-state index contributed by atoms with van der Waals surface area (Å²) in [6, 6.07) is 2.19. The molecule has 0 bridgehead atoms. The number of hydrogen-bond acceptors (Lipinski definition) is 4. The van der Waals surface area contributed by atoms with Gasteiger partial charge < -0.3 is 9.64 Å². The summed E-state index contributed by atoms with van der Waals surface area (Å²) in [5, 5.41) is 8.80. The van der Waals surface area contributed by atoms with Crippen molar-refractivity contribution in [1.82, 2.24) is 9.80 Å². The Morgan fingerprint density at radius 2 is 1.88 bits per heavy atom. The monoisotopic (exact) mass is 223 g/mol. The second-order valence-electron chi connectivity index (χ2n) is 4.69. The van der Waals surface area contributed by atoms with Crippen LogP contribution in [0.5, 0.6) is 0 Å². The lowest BCUT2D eigenvalue weighted by Gasteiger charge is -2.30. The van der Waals surface area contributed by atoms with Crippen LogP contribution in [0.4, 0.5) is 0 Å². The van der Waals surface area contributed by atoms with Gasteiger partial charge in [-0.05, 0) is 45.4 Å². The first-order valence-corrected chi connectivity index (χ1v) is 6.34. The SMILES string of the molecule is N#CC1CN(CCCN2CCCC2)CCO1. The number of rotatable bonds is 4. The molecule has 0 amide bonds. The van der Waals surface area contributed by atoms with Crippen molar-refractivity contribution in [3.8, 4) is 6.07 Å². The molecule has 0 aromatic rings. The van der Waals surface area contributed by atoms with Gasteiger partial charge in [-0.1, -0.05) is 0 Å². The van der Waals surface area contributed by atoms with Crippen molar-refractivity contribution in [2.24, 2.45) is 0 Å². The molecule has 4 nitrogen and oxygen atoms in total. The molecule has 0 aromatic carbocycles. The van der Waals surface area contributed by atoms with Gasteiger partial charge in [0.15, 0.2) is 6.10 Å². The van der Waals surface area contributed by atoms with Gasteiger partial charge in [-0.15, -0.1) is 0 Å². The highest BCUT2D eigenvalue weighted by molar-refractivity contribution is 4.89. The van der Waals surface area contributed by atoms with Crippen LogP contribution in [0.1, 0.15) is 19.3 Å². The third-order valence-electron chi connectivity index (χ3n) is 3.44. The van der Waals surface area contributed by atoms with E-state index in [1.54, 1.807) is 0 Å². The first kappa shape index (κ1) is 11.8. The van der Waals surface area contributed by atoms with Crippen LogP contribution < -0.4 is 0 Å². The quantitative estimate of drug-likeness (QED) is 0.703. The summed E-state index contributed by atoms with van der Waals surface area (Å²) >= 11 is 0. The van der Waals surface area contributed by atoms with Gasteiger partial charge in [0.2, 0.25) is 0 Å². The Kier molecular flexibility index (Phi) is 4.58. The fourth-order valence-electron chi connectivity index (χ4n) is 2.51. The van der Waals surface area contributed by atoms with E-state index in [0.29, 0.717) is 6.61 Å². The largest absolute Gasteiger partial charge is 0.361 e. The van der Waals surface area contributed by atoms with E-state index in [-0.39, 0.29) is 6.10 Å². The average molecular weight is 223 g/mol. The molecular formula is C12H21N3O. The van der Waals surface area contributed by atoms with Crippen molar-refractivity contribution in [3.63, 3.8) is 0 Å². The first-order chi connectivity index (χ1) is 7.88. The summed E-state index contributed by atoms with van der Waals surface area (Å²) in [6.07, 6.45) is 3.75. The molecule has 2 fully saturated rings. The first-order valence-electron chi connectivity index (χ1n) is 6.34. The molecule has 0 aliphatic carbocycles. The van der Waals surface area contributed by atoms with Gasteiger partial charge in [-0.3, -0.25) is 4.90 Å². The lowest BCUT2D eigenvalue weighted by atomic mass is 10.2. The van der Waals surface area contributed by atoms with Crippen molar-refractivity contribution in [1.29, 1.82) is 5.26 Å². The highest BCUT2D eigenvalue weighted by Crippen LogP contribution is 2.09. The van der Waals surface area contributed by atoms with Crippen molar-refractivity contribution >= 4 is 0 Å². The molecule has 2 aliphatic rings. The van der Waals surface area contributed by atoms with Crippen LogP contribution in [0.25, 0.3) is 0 Å². The van der Waals surface area contributed by atoms with Gasteiger partial charge in [-0.2, -0.15) is 5.26 Å². The molecule has 2 heterocycles. The van der Waals surface area contributed by atoms with Gasteiger partial charge >= 0.3 is 0 Å². The second kappa shape index (κ2) is 6.19. The normalized spacial score (nSPS) is 28.1. The van der Waals surface area contributed by atoms with Gasteiger partial charge in [0.05, 0.1) is 12.7 Å². The molecule has 1 atom stereocenters. The molecule has 0 N–H and O–H groups in total. The lowest BCUT2D eigenvalue weighted by molar-refractivity contribution is -0.000421. The number of hydrogen-bond donors (Lipinski definition) is 0. The number of nitriles is 1. The highest BCUT2D eigenvalue weighted by atomic mass is 16.5. The van der Waals surface area contributed by atoms with E-state index in [1.165, 1.54) is 38.9 Å². The van der Waals surface area contributed by atoms with E-state index in [9.17, 15) is 0 Å². The molecule has 0 saturated carbocycles. The summed E-state index contributed by atoms with van der Waals surface area (Å²) in [7, 11) is 0. The van der Waals surface area contributed by atoms with Crippen molar-refractivity contribution in [2.75, 3.05) is 45.9 Å². The summed E-state index contributed by atoms with van der Waals surface area (Å²) in [5.74, 6) is 0. The molecule has 16 heavy (non-hydrogen) atoms. The van der Waals surface area contributed by atoms with Crippen LogP contribution in [-0.4, -0.2) is 61.8 Å². The Morgan fingerprint density at radius 3 is 2.62 bits per heavy atom. The molecular weight excluding hydrogens is 202 g/mol. The summed E-state index contributed by atoms with van der Waals surface area (Å²) in [6.45, 7) is 7.37. The van der Waals surface area contributed by atoms with Gasteiger partial charge in [0.25, 0.3) is 0 Å². The maximum atomic E-state index is 8.80. The van der Waals surface area contributed by atoms with Crippen LogP contribution in [0.3, 0.4) is 0 Å². The Morgan fingerprint density at radius 1 is 1.12 bits per heavy atom. The fraction of sp³-hybridized carbons (Fsp3) is 0.917. The third-order valence-corrected chi connectivity index (χ3v) is 3.44. The predicted octanol–water partition coefficient (Wildman–Crippen LogP) is 0.697. The minimum absolute atomic E-state index is 0.208. The smallest absolute Gasteiger partial charge is 0.156 e. The fourth-order valence-corrected chi connectivity index (χ4v) is 2.51. The number of likely N-dealkylation sites (tertiary alicyclic amines) is 1. The summed E-state index contributed by atoms with van der Waals surface area (Å²) < 4.78 is 5.32. The van der Waals surface area contributed by atoms with Gasteiger partial charge in [0, 0.05) is 13.1 Å². The molecule has 1 unspecified atom stereocenters. The van der Waals surface area contributed by atoms with Crippen molar-refractivity contribution in [2.45, 2.75) is 25.4 Å². The molecule has 4 heteroatoms. The summed E-state index contributed by atoms with van der Waals surface area (Å²) in [4.78, 5) is 4.90. The van der Waals surface area contributed by atoms with Crippen molar-refractivity contribution in [3.05, 3.63) is 0 Å². The second-order valence-corrected chi connectivity index (χ2v) is 4.69.